The second kappa shape index (κ2) is 11.2. The summed E-state index contributed by atoms with van der Waals surface area (Å²) in [6.07, 6.45) is 5.33. The summed E-state index contributed by atoms with van der Waals surface area (Å²) in [6.45, 7) is 8.37. The van der Waals surface area contributed by atoms with Crippen molar-refractivity contribution in [3.05, 3.63) is 64.8 Å². The summed E-state index contributed by atoms with van der Waals surface area (Å²) in [4.78, 5) is 30.3. The number of nitrogens with zero attached hydrogens (tertiary/aromatic N) is 6. The van der Waals surface area contributed by atoms with Crippen molar-refractivity contribution in [2.24, 2.45) is 13.0 Å². The van der Waals surface area contributed by atoms with Crippen LogP contribution in [0.4, 0.5) is 5.95 Å². The van der Waals surface area contributed by atoms with E-state index < -0.39 is 0 Å². The Morgan fingerprint density at radius 1 is 1.11 bits per heavy atom. The molecule has 0 N–H and O–H groups in total. The predicted molar refractivity (Wildman–Crippen MR) is 138 cm³/mol. The van der Waals surface area contributed by atoms with Gasteiger partial charge in [-0.3, -0.25) is 9.36 Å². The lowest BCUT2D eigenvalue weighted by atomic mass is 10.1. The van der Waals surface area contributed by atoms with E-state index in [1.165, 1.54) is 31.9 Å². The summed E-state index contributed by atoms with van der Waals surface area (Å²) >= 11 is 0. The Hall–Kier alpha value is -3.30. The quantitative estimate of drug-likeness (QED) is 0.446. The molecular weight excluding hydrogens is 456 g/mol. The van der Waals surface area contributed by atoms with Crippen LogP contribution in [0.1, 0.15) is 31.4 Å². The summed E-state index contributed by atoms with van der Waals surface area (Å²) in [5, 5.41) is 0. The van der Waals surface area contributed by atoms with Gasteiger partial charge >= 0.3 is 0 Å². The molecule has 4 heterocycles. The lowest BCUT2D eigenvalue weighted by molar-refractivity contribution is 0.0389. The minimum atomic E-state index is -0.127. The largest absolute Gasteiger partial charge is 0.494 e. The van der Waals surface area contributed by atoms with E-state index in [2.05, 4.69) is 38.8 Å². The van der Waals surface area contributed by atoms with Crippen molar-refractivity contribution in [1.82, 2.24) is 24.4 Å². The van der Waals surface area contributed by atoms with E-state index in [1.807, 2.05) is 12.1 Å². The highest BCUT2D eigenvalue weighted by molar-refractivity contribution is 5.55. The molecule has 2 atom stereocenters. The van der Waals surface area contributed by atoms with Crippen LogP contribution in [-0.4, -0.2) is 70.4 Å². The number of benzene rings is 1. The molecule has 0 bridgehead atoms. The van der Waals surface area contributed by atoms with Crippen LogP contribution >= 0.6 is 0 Å². The lowest BCUT2D eigenvalue weighted by Gasteiger charge is -2.34. The molecule has 1 unspecified atom stereocenters. The molecule has 0 radical (unpaired) electrons. The maximum absolute atomic E-state index is 12.7. The molecule has 5 rings (SSSR count). The number of hydrogen-bond acceptors (Lipinski definition) is 8. The van der Waals surface area contributed by atoms with Gasteiger partial charge in [0.05, 0.1) is 31.1 Å². The molecule has 9 heteroatoms. The van der Waals surface area contributed by atoms with Gasteiger partial charge in [0, 0.05) is 38.9 Å². The van der Waals surface area contributed by atoms with Crippen molar-refractivity contribution in [1.29, 1.82) is 0 Å². The number of anilines is 1. The SMILES string of the molecule is C[C@@H]1CCN(CCCOc2ccc(C3CN(c4nc(-c5ccncn5)cc(=O)n4C)CCO3)cc2)C1. The first-order chi connectivity index (χ1) is 17.6. The number of rotatable bonds is 8. The molecule has 0 amide bonds. The first-order valence-corrected chi connectivity index (χ1v) is 12.7. The van der Waals surface area contributed by atoms with Crippen LogP contribution in [-0.2, 0) is 11.8 Å². The third kappa shape index (κ3) is 5.74. The van der Waals surface area contributed by atoms with Crippen LogP contribution in [0, 0.1) is 5.92 Å². The number of ether oxygens (including phenoxy) is 2. The molecule has 0 aliphatic carbocycles. The van der Waals surface area contributed by atoms with Crippen molar-refractivity contribution in [3.8, 4) is 17.1 Å². The molecule has 0 spiro atoms. The average Bonchev–Trinajstić information content (AvgIpc) is 3.34. The number of morpholine rings is 1. The Kier molecular flexibility index (Phi) is 7.58. The first-order valence-electron chi connectivity index (χ1n) is 12.7. The summed E-state index contributed by atoms with van der Waals surface area (Å²) in [7, 11) is 1.75. The van der Waals surface area contributed by atoms with E-state index in [9.17, 15) is 4.79 Å². The first kappa shape index (κ1) is 24.4. The van der Waals surface area contributed by atoms with E-state index in [0.29, 0.717) is 37.0 Å². The van der Waals surface area contributed by atoms with Crippen molar-refractivity contribution in [2.75, 3.05) is 50.8 Å². The third-order valence-corrected chi connectivity index (χ3v) is 6.95. The van der Waals surface area contributed by atoms with E-state index in [1.54, 1.807) is 23.9 Å². The Bertz CT molecular complexity index is 1200. The highest BCUT2D eigenvalue weighted by atomic mass is 16.5. The minimum Gasteiger partial charge on any atom is -0.494 e. The van der Waals surface area contributed by atoms with Crippen LogP contribution in [0.2, 0.25) is 0 Å². The van der Waals surface area contributed by atoms with Crippen LogP contribution in [0.3, 0.4) is 0 Å². The maximum Gasteiger partial charge on any atom is 0.255 e. The minimum absolute atomic E-state index is 0.121. The fourth-order valence-electron chi connectivity index (χ4n) is 4.90. The summed E-state index contributed by atoms with van der Waals surface area (Å²) in [5.74, 6) is 2.30. The maximum atomic E-state index is 12.7. The topological polar surface area (TPSA) is 85.6 Å². The van der Waals surface area contributed by atoms with Gasteiger partial charge in [0.25, 0.3) is 5.56 Å². The van der Waals surface area contributed by atoms with Crippen LogP contribution < -0.4 is 15.2 Å². The Balaban J connectivity index is 1.21. The van der Waals surface area contributed by atoms with E-state index in [-0.39, 0.29) is 11.7 Å². The van der Waals surface area contributed by atoms with Crippen molar-refractivity contribution < 1.29 is 9.47 Å². The molecule has 190 valence electrons. The van der Waals surface area contributed by atoms with Gasteiger partial charge in [-0.05, 0) is 49.1 Å². The van der Waals surface area contributed by atoms with E-state index >= 15 is 0 Å². The van der Waals surface area contributed by atoms with Gasteiger partial charge in [-0.1, -0.05) is 19.1 Å². The summed E-state index contributed by atoms with van der Waals surface area (Å²) < 4.78 is 13.6. The standard InChI is InChI=1S/C27H34N6O3/c1-20-9-12-32(17-20)11-3-14-35-22-6-4-21(5-7-22)25-18-33(13-15-36-25)27-30-24(16-26(34)31(27)2)23-8-10-28-19-29-23/h4-8,10,16,19-20,25H,3,9,11-15,17-18H2,1-2H3/t20-,25?/m1/s1. The lowest BCUT2D eigenvalue weighted by Crippen LogP contribution is -2.41. The molecule has 9 nitrogen and oxygen atoms in total. The number of hydrogen-bond donors (Lipinski definition) is 0. The number of aromatic nitrogens is 4. The molecule has 36 heavy (non-hydrogen) atoms. The Labute approximate surface area is 211 Å². The molecule has 2 aromatic heterocycles. The monoisotopic (exact) mass is 490 g/mol. The molecule has 2 aliphatic heterocycles. The van der Waals surface area contributed by atoms with Crippen molar-refractivity contribution >= 4 is 5.95 Å². The summed E-state index contributed by atoms with van der Waals surface area (Å²) in [6, 6.07) is 11.4. The molecule has 2 saturated heterocycles. The molecule has 1 aromatic carbocycles. The van der Waals surface area contributed by atoms with E-state index in [4.69, 9.17) is 14.5 Å². The smallest absolute Gasteiger partial charge is 0.255 e. The van der Waals surface area contributed by atoms with Gasteiger partial charge in [0.15, 0.2) is 0 Å². The van der Waals surface area contributed by atoms with Gasteiger partial charge in [-0.15, -0.1) is 0 Å². The average molecular weight is 491 g/mol. The normalized spacial score (nSPS) is 20.6. The van der Waals surface area contributed by atoms with Gasteiger partial charge < -0.3 is 19.3 Å². The van der Waals surface area contributed by atoms with Crippen molar-refractivity contribution in [2.45, 2.75) is 25.9 Å². The number of likely N-dealkylation sites (tertiary alicyclic amines) is 1. The molecular formula is C27H34N6O3. The highest BCUT2D eigenvalue weighted by Crippen LogP contribution is 2.27. The third-order valence-electron chi connectivity index (χ3n) is 6.95. The zero-order valence-corrected chi connectivity index (χ0v) is 21.0. The fraction of sp³-hybridized carbons (Fsp3) is 0.481. The second-order valence-electron chi connectivity index (χ2n) is 9.70. The fourth-order valence-corrected chi connectivity index (χ4v) is 4.90. The highest BCUT2D eigenvalue weighted by Gasteiger charge is 2.25. The van der Waals surface area contributed by atoms with Crippen molar-refractivity contribution in [3.63, 3.8) is 0 Å². The zero-order chi connectivity index (χ0) is 24.9. The van der Waals surface area contributed by atoms with E-state index in [0.717, 1.165) is 36.8 Å². The summed E-state index contributed by atoms with van der Waals surface area (Å²) in [5.41, 5.74) is 2.12. The van der Waals surface area contributed by atoms with Crippen LogP contribution in [0.15, 0.2) is 53.7 Å². The van der Waals surface area contributed by atoms with Crippen LogP contribution in [0.25, 0.3) is 11.4 Å². The molecule has 2 aliphatic rings. The van der Waals surface area contributed by atoms with Gasteiger partial charge in [-0.25, -0.2) is 15.0 Å². The molecule has 2 fully saturated rings. The van der Waals surface area contributed by atoms with Gasteiger partial charge in [0.2, 0.25) is 5.95 Å². The van der Waals surface area contributed by atoms with Gasteiger partial charge in [-0.2, -0.15) is 0 Å². The Morgan fingerprint density at radius 3 is 2.72 bits per heavy atom. The molecule has 3 aromatic rings. The zero-order valence-electron chi connectivity index (χ0n) is 21.0. The Morgan fingerprint density at radius 2 is 1.97 bits per heavy atom. The predicted octanol–water partition coefficient (Wildman–Crippen LogP) is 2.93. The van der Waals surface area contributed by atoms with Gasteiger partial charge in [0.1, 0.15) is 18.2 Å². The molecule has 0 saturated carbocycles. The van der Waals surface area contributed by atoms with Crippen LogP contribution in [0.5, 0.6) is 5.75 Å². The second-order valence-corrected chi connectivity index (χ2v) is 9.70.